The largest absolute Gasteiger partial charge is 0.480 e. The van der Waals surface area contributed by atoms with E-state index in [9.17, 15) is 9.59 Å². The highest BCUT2D eigenvalue weighted by molar-refractivity contribution is 6.36. The quantitative estimate of drug-likeness (QED) is 0.476. The molecule has 0 radical (unpaired) electrons. The van der Waals surface area contributed by atoms with Gasteiger partial charge in [-0.25, -0.2) is 0 Å². The number of rotatable bonds is 5. The molecule has 0 aliphatic rings. The van der Waals surface area contributed by atoms with E-state index in [0.29, 0.717) is 15.7 Å². The van der Waals surface area contributed by atoms with Crippen molar-refractivity contribution in [1.29, 1.82) is 0 Å². The summed E-state index contributed by atoms with van der Waals surface area (Å²) in [5.74, 6) is -1.73. The van der Waals surface area contributed by atoms with Crippen LogP contribution in [0.4, 0.5) is 5.69 Å². The van der Waals surface area contributed by atoms with E-state index in [1.807, 2.05) is 0 Å². The molecule has 0 aliphatic heterocycles. The van der Waals surface area contributed by atoms with Crippen LogP contribution in [0.3, 0.4) is 0 Å². The summed E-state index contributed by atoms with van der Waals surface area (Å²) >= 11 is 11.2. The summed E-state index contributed by atoms with van der Waals surface area (Å²) in [5, 5.41) is 10.0. The maximum atomic E-state index is 11.4. The van der Waals surface area contributed by atoms with Gasteiger partial charge in [-0.05, 0) is 38.0 Å². The molecule has 22 heavy (non-hydrogen) atoms. The predicted molar refractivity (Wildman–Crippen MR) is 88.2 cm³/mol. The third-order valence-electron chi connectivity index (χ3n) is 3.25. The normalized spacial score (nSPS) is 10.4. The Bertz CT molecular complexity index is 516. The van der Waals surface area contributed by atoms with E-state index in [1.165, 1.54) is 0 Å². The molecule has 0 fully saturated rings. The van der Waals surface area contributed by atoms with Crippen LogP contribution in [0.1, 0.15) is 33.6 Å². The molecule has 0 aliphatic carbocycles. The lowest BCUT2D eigenvalue weighted by atomic mass is 9.82. The number of halogens is 2. The highest BCUT2D eigenvalue weighted by atomic mass is 35.5. The Hall–Kier alpha value is -1.46. The van der Waals surface area contributed by atoms with Gasteiger partial charge in [0.05, 0.1) is 17.3 Å². The molecular formula is C15H21Cl2NO4. The number of nitrogens with two attached hydrogens (primary N) is 1. The Kier molecular flexibility index (Phi) is 8.90. The fraction of sp³-hybridized carbons (Fsp3) is 0.467. The Balaban J connectivity index is 0.000000425. The smallest absolute Gasteiger partial charge is 0.323 e. The minimum absolute atomic E-state index is 0.216. The number of benzene rings is 1. The van der Waals surface area contributed by atoms with Crippen molar-refractivity contribution >= 4 is 40.8 Å². The van der Waals surface area contributed by atoms with E-state index in [2.05, 4.69) is 0 Å². The molecular weight excluding hydrogens is 329 g/mol. The molecule has 0 heterocycles. The maximum Gasteiger partial charge on any atom is 0.323 e. The molecule has 1 aromatic rings. The number of nitrogen functional groups attached to an aromatic ring is 1. The second kappa shape index (κ2) is 9.54. The minimum atomic E-state index is -1.35. The van der Waals surface area contributed by atoms with Gasteiger partial charge in [-0.1, -0.05) is 37.0 Å². The van der Waals surface area contributed by atoms with Crippen molar-refractivity contribution < 1.29 is 19.4 Å². The summed E-state index contributed by atoms with van der Waals surface area (Å²) in [6.45, 7) is 5.23. The molecule has 0 spiro atoms. The number of hydrogen-bond acceptors (Lipinski definition) is 4. The molecule has 0 unspecified atom stereocenters. The Labute approximate surface area is 140 Å². The van der Waals surface area contributed by atoms with Crippen LogP contribution < -0.4 is 5.73 Å². The van der Waals surface area contributed by atoms with E-state index in [1.54, 1.807) is 39.0 Å². The number of hydrogen-bond donors (Lipinski definition) is 2. The number of anilines is 1. The summed E-state index contributed by atoms with van der Waals surface area (Å²) in [6.07, 6.45) is 0.523. The highest BCUT2D eigenvalue weighted by Crippen LogP contribution is 2.28. The van der Waals surface area contributed by atoms with Crippen LogP contribution in [-0.2, 0) is 14.3 Å². The first-order valence-corrected chi connectivity index (χ1v) is 7.61. The Morgan fingerprint density at radius 3 is 2.09 bits per heavy atom. The molecule has 0 atom stereocenters. The number of carboxylic acid groups (broad SMARTS) is 1. The third kappa shape index (κ3) is 5.39. The summed E-state index contributed by atoms with van der Waals surface area (Å²) in [5.41, 5.74) is 4.60. The van der Waals surface area contributed by atoms with Gasteiger partial charge < -0.3 is 15.6 Å². The van der Waals surface area contributed by atoms with E-state index < -0.39 is 17.4 Å². The van der Waals surface area contributed by atoms with Crippen LogP contribution in [0.5, 0.6) is 0 Å². The average molecular weight is 350 g/mol. The van der Waals surface area contributed by atoms with Crippen LogP contribution in [0, 0.1) is 5.41 Å². The molecule has 0 saturated heterocycles. The fourth-order valence-corrected chi connectivity index (χ4v) is 2.11. The van der Waals surface area contributed by atoms with E-state index in [4.69, 9.17) is 38.8 Å². The van der Waals surface area contributed by atoms with Gasteiger partial charge in [0.1, 0.15) is 0 Å². The molecule has 7 heteroatoms. The fourth-order valence-electron chi connectivity index (χ4n) is 1.70. The van der Waals surface area contributed by atoms with Gasteiger partial charge in [-0.15, -0.1) is 0 Å². The van der Waals surface area contributed by atoms with Gasteiger partial charge in [0, 0.05) is 5.02 Å². The second-order valence-electron chi connectivity index (χ2n) is 4.48. The maximum absolute atomic E-state index is 11.4. The highest BCUT2D eigenvalue weighted by Gasteiger charge is 2.44. The van der Waals surface area contributed by atoms with Gasteiger partial charge in [-0.3, -0.25) is 9.59 Å². The number of aliphatic carboxylic acids is 1. The minimum Gasteiger partial charge on any atom is -0.480 e. The molecule has 124 valence electrons. The van der Waals surface area contributed by atoms with Crippen LogP contribution >= 0.6 is 23.2 Å². The van der Waals surface area contributed by atoms with Gasteiger partial charge in [0.25, 0.3) is 0 Å². The van der Waals surface area contributed by atoms with Crippen molar-refractivity contribution in [2.45, 2.75) is 33.6 Å². The summed E-state index contributed by atoms with van der Waals surface area (Å²) in [7, 11) is 0. The summed E-state index contributed by atoms with van der Waals surface area (Å²) in [4.78, 5) is 22.3. The van der Waals surface area contributed by atoms with E-state index >= 15 is 0 Å². The summed E-state index contributed by atoms with van der Waals surface area (Å²) < 4.78 is 4.73. The zero-order valence-electron chi connectivity index (χ0n) is 12.9. The number of carbonyl (C=O) groups is 2. The van der Waals surface area contributed by atoms with E-state index in [-0.39, 0.29) is 19.4 Å². The first-order valence-electron chi connectivity index (χ1n) is 6.86. The molecule has 0 aromatic heterocycles. The van der Waals surface area contributed by atoms with Crippen molar-refractivity contribution in [3.63, 3.8) is 0 Å². The van der Waals surface area contributed by atoms with Crippen LogP contribution in [0.25, 0.3) is 0 Å². The standard InChI is InChI=1S/C9H16O4.C6H5Cl2N/c1-4-9(5-2,7(10)11)8(12)13-6-3;7-4-1-2-6(9)5(8)3-4/h4-6H2,1-3H3,(H,10,11);1-3H,9H2. The average Bonchev–Trinajstić information content (AvgIpc) is 2.46. The number of ether oxygens (including phenoxy) is 1. The predicted octanol–water partition coefficient (Wildman–Crippen LogP) is 4.02. The van der Waals surface area contributed by atoms with Crippen molar-refractivity contribution in [1.82, 2.24) is 0 Å². The molecule has 0 amide bonds. The lowest BCUT2D eigenvalue weighted by Gasteiger charge is -2.23. The van der Waals surface area contributed by atoms with Crippen molar-refractivity contribution in [2.75, 3.05) is 12.3 Å². The monoisotopic (exact) mass is 349 g/mol. The number of carbonyl (C=O) groups excluding carboxylic acids is 1. The first kappa shape index (κ1) is 20.5. The molecule has 0 bridgehead atoms. The second-order valence-corrected chi connectivity index (χ2v) is 5.32. The van der Waals surface area contributed by atoms with Gasteiger partial charge in [0.15, 0.2) is 5.41 Å². The molecule has 0 saturated carbocycles. The molecule has 5 nitrogen and oxygen atoms in total. The van der Waals surface area contributed by atoms with Gasteiger partial charge in [0.2, 0.25) is 0 Å². The zero-order valence-corrected chi connectivity index (χ0v) is 14.4. The van der Waals surface area contributed by atoms with Crippen molar-refractivity contribution in [3.8, 4) is 0 Å². The third-order valence-corrected chi connectivity index (χ3v) is 3.81. The van der Waals surface area contributed by atoms with Crippen LogP contribution in [0.2, 0.25) is 10.0 Å². The molecule has 1 rings (SSSR count). The topological polar surface area (TPSA) is 89.6 Å². The lowest BCUT2D eigenvalue weighted by Crippen LogP contribution is -2.39. The molecule has 1 aromatic carbocycles. The van der Waals surface area contributed by atoms with Crippen LogP contribution in [0.15, 0.2) is 18.2 Å². The number of carboxylic acids is 1. The van der Waals surface area contributed by atoms with Gasteiger partial charge in [-0.2, -0.15) is 0 Å². The summed E-state index contributed by atoms with van der Waals surface area (Å²) in [6, 6.07) is 4.98. The Morgan fingerprint density at radius 2 is 1.77 bits per heavy atom. The Morgan fingerprint density at radius 1 is 1.23 bits per heavy atom. The number of esters is 1. The van der Waals surface area contributed by atoms with Crippen molar-refractivity contribution in [2.24, 2.45) is 5.41 Å². The molecule has 3 N–H and O–H groups in total. The SMILES string of the molecule is CCOC(=O)C(CC)(CC)C(=O)O.Nc1ccc(Cl)cc1Cl. The lowest BCUT2D eigenvalue weighted by molar-refractivity contribution is -0.169. The van der Waals surface area contributed by atoms with Crippen molar-refractivity contribution in [3.05, 3.63) is 28.2 Å². The van der Waals surface area contributed by atoms with E-state index in [0.717, 1.165) is 0 Å². The van der Waals surface area contributed by atoms with Crippen LogP contribution in [-0.4, -0.2) is 23.7 Å². The zero-order chi connectivity index (χ0) is 17.3. The first-order chi connectivity index (χ1) is 10.2. The van der Waals surface area contributed by atoms with Gasteiger partial charge >= 0.3 is 11.9 Å².